The summed E-state index contributed by atoms with van der Waals surface area (Å²) in [5, 5.41) is 0.627. The first-order chi connectivity index (χ1) is 6.61. The molecule has 0 radical (unpaired) electrons. The summed E-state index contributed by atoms with van der Waals surface area (Å²) in [5.74, 6) is 0.675. The molecule has 1 heterocycles. The maximum Gasteiger partial charge on any atom is 0.195 e. The van der Waals surface area contributed by atoms with Crippen LogP contribution in [-0.2, 0) is 0 Å². The molecule has 0 saturated heterocycles. The van der Waals surface area contributed by atoms with E-state index < -0.39 is 0 Å². The number of halogens is 1. The van der Waals surface area contributed by atoms with Crippen LogP contribution >= 0.6 is 15.9 Å². The van der Waals surface area contributed by atoms with E-state index in [1.807, 2.05) is 12.1 Å². The lowest BCUT2D eigenvalue weighted by atomic mass is 10.1. The highest BCUT2D eigenvalue weighted by atomic mass is 79.9. The largest absolute Gasteiger partial charge is 0.460 e. The summed E-state index contributed by atoms with van der Waals surface area (Å²) in [4.78, 5) is 11.8. The van der Waals surface area contributed by atoms with Crippen LogP contribution in [0.1, 0.15) is 11.3 Å². The fourth-order valence-electron chi connectivity index (χ4n) is 1.38. The molecule has 0 atom stereocenters. The normalized spacial score (nSPS) is 10.8. The molecule has 0 amide bonds. The quantitative estimate of drug-likeness (QED) is 0.721. The molecule has 0 unspecified atom stereocenters. The molecule has 2 rings (SSSR count). The molecule has 1 aromatic heterocycles. The van der Waals surface area contributed by atoms with Crippen LogP contribution in [0.15, 0.2) is 31.9 Å². The molecule has 0 aliphatic heterocycles. The number of rotatable bonds is 0. The molecule has 0 aliphatic carbocycles. The zero-order valence-corrected chi connectivity index (χ0v) is 9.51. The van der Waals surface area contributed by atoms with Crippen LogP contribution in [0.3, 0.4) is 0 Å². The monoisotopic (exact) mass is 252 g/mol. The van der Waals surface area contributed by atoms with Crippen LogP contribution < -0.4 is 5.43 Å². The Morgan fingerprint density at radius 1 is 1.29 bits per heavy atom. The van der Waals surface area contributed by atoms with E-state index in [-0.39, 0.29) is 5.43 Å². The average molecular weight is 253 g/mol. The Bertz CT molecular complexity index is 555. The summed E-state index contributed by atoms with van der Waals surface area (Å²) in [6, 6.07) is 5.47. The Labute approximate surface area is 89.7 Å². The van der Waals surface area contributed by atoms with Gasteiger partial charge in [0.1, 0.15) is 5.76 Å². The van der Waals surface area contributed by atoms with E-state index in [0.717, 1.165) is 4.47 Å². The van der Waals surface area contributed by atoms with Gasteiger partial charge in [0.2, 0.25) is 0 Å². The number of benzene rings is 1. The third-order valence-corrected chi connectivity index (χ3v) is 2.96. The number of para-hydroxylation sites is 1. The van der Waals surface area contributed by atoms with Crippen LogP contribution in [-0.4, -0.2) is 0 Å². The summed E-state index contributed by atoms with van der Waals surface area (Å²) < 4.78 is 6.37. The second-order valence-corrected chi connectivity index (χ2v) is 4.08. The number of hydrogen-bond acceptors (Lipinski definition) is 2. The van der Waals surface area contributed by atoms with Gasteiger partial charge in [-0.15, -0.1) is 0 Å². The van der Waals surface area contributed by atoms with Crippen LogP contribution in [0.25, 0.3) is 11.0 Å². The average Bonchev–Trinajstić information content (AvgIpc) is 2.17. The van der Waals surface area contributed by atoms with Gasteiger partial charge in [0.15, 0.2) is 11.0 Å². The molecule has 3 heteroatoms. The van der Waals surface area contributed by atoms with Crippen molar-refractivity contribution in [3.8, 4) is 0 Å². The molecule has 0 bridgehead atoms. The van der Waals surface area contributed by atoms with Crippen LogP contribution in [0.5, 0.6) is 0 Å². The van der Waals surface area contributed by atoms with E-state index >= 15 is 0 Å². The van der Waals surface area contributed by atoms with Gasteiger partial charge in [0, 0.05) is 5.56 Å². The van der Waals surface area contributed by atoms with E-state index in [4.69, 9.17) is 4.42 Å². The third kappa shape index (κ3) is 1.28. The predicted octanol–water partition coefficient (Wildman–Crippen LogP) is 3.17. The number of fused-ring (bicyclic) bond motifs is 1. The zero-order valence-electron chi connectivity index (χ0n) is 7.93. The molecule has 0 aliphatic rings. The number of aryl methyl sites for hydroxylation is 1. The highest BCUT2D eigenvalue weighted by molar-refractivity contribution is 9.10. The Balaban J connectivity index is 3.06. The minimum absolute atomic E-state index is 0.0463. The van der Waals surface area contributed by atoms with E-state index in [2.05, 4.69) is 15.9 Å². The highest BCUT2D eigenvalue weighted by Gasteiger charge is 2.08. The molecule has 14 heavy (non-hydrogen) atoms. The Morgan fingerprint density at radius 2 is 2.00 bits per heavy atom. The molecular weight excluding hydrogens is 244 g/mol. The van der Waals surface area contributed by atoms with Gasteiger partial charge in [-0.3, -0.25) is 4.79 Å². The van der Waals surface area contributed by atoms with Gasteiger partial charge in [-0.1, -0.05) is 6.07 Å². The van der Waals surface area contributed by atoms with Gasteiger partial charge in [0.05, 0.1) is 9.86 Å². The molecule has 0 spiro atoms. The minimum atomic E-state index is 0.0463. The standard InChI is InChI=1S/C11H9BrO2/c1-6-7(2)14-11-8(10(6)13)4-3-5-9(11)12/h3-5H,1-2H3. The first kappa shape index (κ1) is 9.46. The van der Waals surface area contributed by atoms with Gasteiger partial charge in [0.25, 0.3) is 0 Å². The maximum atomic E-state index is 11.8. The van der Waals surface area contributed by atoms with Crippen molar-refractivity contribution in [1.29, 1.82) is 0 Å². The van der Waals surface area contributed by atoms with Crippen molar-refractivity contribution in [2.24, 2.45) is 0 Å². The van der Waals surface area contributed by atoms with Crippen molar-refractivity contribution in [2.75, 3.05) is 0 Å². The topological polar surface area (TPSA) is 30.2 Å². The smallest absolute Gasteiger partial charge is 0.195 e. The van der Waals surface area contributed by atoms with E-state index in [9.17, 15) is 4.79 Å². The van der Waals surface area contributed by atoms with Crippen LogP contribution in [0.2, 0.25) is 0 Å². The van der Waals surface area contributed by atoms with Crippen molar-refractivity contribution < 1.29 is 4.42 Å². The van der Waals surface area contributed by atoms with Gasteiger partial charge < -0.3 is 4.42 Å². The first-order valence-electron chi connectivity index (χ1n) is 4.30. The van der Waals surface area contributed by atoms with Crippen molar-refractivity contribution in [2.45, 2.75) is 13.8 Å². The third-order valence-electron chi connectivity index (χ3n) is 2.34. The molecule has 1 aromatic carbocycles. The Kier molecular flexibility index (Phi) is 2.19. The van der Waals surface area contributed by atoms with Crippen molar-refractivity contribution in [3.05, 3.63) is 44.2 Å². The second-order valence-electron chi connectivity index (χ2n) is 3.23. The van der Waals surface area contributed by atoms with E-state index in [1.165, 1.54) is 0 Å². The molecule has 0 fully saturated rings. The summed E-state index contributed by atoms with van der Waals surface area (Å²) >= 11 is 3.36. The van der Waals surface area contributed by atoms with Crippen molar-refractivity contribution >= 4 is 26.9 Å². The molecular formula is C11H9BrO2. The fraction of sp³-hybridized carbons (Fsp3) is 0.182. The minimum Gasteiger partial charge on any atom is -0.460 e. The maximum absolute atomic E-state index is 11.8. The van der Waals surface area contributed by atoms with E-state index in [1.54, 1.807) is 19.9 Å². The van der Waals surface area contributed by atoms with Crippen LogP contribution in [0, 0.1) is 13.8 Å². The lowest BCUT2D eigenvalue weighted by Gasteiger charge is -2.03. The lowest BCUT2D eigenvalue weighted by molar-refractivity contribution is 0.557. The summed E-state index contributed by atoms with van der Waals surface area (Å²) in [7, 11) is 0. The van der Waals surface area contributed by atoms with Gasteiger partial charge in [-0.2, -0.15) is 0 Å². The molecule has 0 N–H and O–H groups in total. The lowest BCUT2D eigenvalue weighted by Crippen LogP contribution is -2.07. The summed E-state index contributed by atoms with van der Waals surface area (Å²) in [6.07, 6.45) is 0. The number of hydrogen-bond donors (Lipinski definition) is 0. The van der Waals surface area contributed by atoms with Gasteiger partial charge in [-0.05, 0) is 41.9 Å². The van der Waals surface area contributed by atoms with Crippen molar-refractivity contribution in [1.82, 2.24) is 0 Å². The van der Waals surface area contributed by atoms with E-state index in [0.29, 0.717) is 22.3 Å². The Morgan fingerprint density at radius 3 is 2.71 bits per heavy atom. The SMILES string of the molecule is Cc1oc2c(Br)cccc2c(=O)c1C. The van der Waals surface area contributed by atoms with Crippen molar-refractivity contribution in [3.63, 3.8) is 0 Å². The zero-order chi connectivity index (χ0) is 10.3. The summed E-state index contributed by atoms with van der Waals surface area (Å²) in [6.45, 7) is 3.58. The predicted molar refractivity (Wildman–Crippen MR) is 59.7 cm³/mol. The molecule has 0 saturated carbocycles. The molecule has 2 aromatic rings. The van der Waals surface area contributed by atoms with Crippen LogP contribution in [0.4, 0.5) is 0 Å². The molecule has 72 valence electrons. The Hall–Kier alpha value is -1.09. The fourth-order valence-corrected chi connectivity index (χ4v) is 1.83. The summed E-state index contributed by atoms with van der Waals surface area (Å²) in [5.41, 5.74) is 1.35. The second kappa shape index (κ2) is 3.24. The molecule has 2 nitrogen and oxygen atoms in total. The highest BCUT2D eigenvalue weighted by Crippen LogP contribution is 2.23. The van der Waals surface area contributed by atoms with Gasteiger partial charge in [-0.25, -0.2) is 0 Å². The van der Waals surface area contributed by atoms with Gasteiger partial charge >= 0.3 is 0 Å². The first-order valence-corrected chi connectivity index (χ1v) is 5.09.